The number of oxime groups is 1. The average Bonchev–Trinajstić information content (AvgIpc) is 2.04. The molecule has 0 unspecified atom stereocenters. The third kappa shape index (κ3) is 3.03. The number of nitrogens with one attached hydrogen (secondary N) is 1. The van der Waals surface area contributed by atoms with Crippen molar-refractivity contribution in [2.24, 2.45) is 10.9 Å². The topological polar surface area (TPSA) is 108 Å². The van der Waals surface area contributed by atoms with E-state index in [2.05, 4.69) is 9.88 Å². The second-order valence-corrected chi connectivity index (χ2v) is 4.04. The molecule has 0 saturated heterocycles. The molecule has 0 aliphatic carbocycles. The van der Waals surface area contributed by atoms with Crippen molar-refractivity contribution in [3.8, 4) is 0 Å². The molecule has 0 spiro atoms. The van der Waals surface area contributed by atoms with Crippen molar-refractivity contribution in [1.29, 1.82) is 0 Å². The summed E-state index contributed by atoms with van der Waals surface area (Å²) in [6, 6.07) is 0. The monoisotopic (exact) mass is 196 g/mol. The number of hydrogen-bond acceptors (Lipinski definition) is 4. The van der Waals surface area contributed by atoms with Crippen molar-refractivity contribution in [3.05, 3.63) is 0 Å². The van der Waals surface area contributed by atoms with Crippen LogP contribution in [0, 0.1) is 0 Å². The summed E-state index contributed by atoms with van der Waals surface area (Å²) in [6.45, 7) is -0.153. The Morgan fingerprint density at radius 1 is 1.75 bits per heavy atom. The van der Waals surface area contributed by atoms with E-state index in [1.165, 1.54) is 14.1 Å². The molecule has 0 amide bonds. The first-order valence-electron chi connectivity index (χ1n) is 3.05. The van der Waals surface area contributed by atoms with Gasteiger partial charge in [0.25, 0.3) is 10.2 Å². The molecular formula is C4H12N4O3S. The zero-order valence-corrected chi connectivity index (χ0v) is 7.67. The molecule has 7 nitrogen and oxygen atoms in total. The molecule has 0 radical (unpaired) electrons. The number of hydrogen-bond donors (Lipinski definition) is 3. The van der Waals surface area contributed by atoms with Crippen LogP contribution in [0.5, 0.6) is 0 Å². The van der Waals surface area contributed by atoms with Crippen LogP contribution in [0.2, 0.25) is 0 Å². The molecule has 0 bridgehead atoms. The van der Waals surface area contributed by atoms with Crippen LogP contribution in [0.3, 0.4) is 0 Å². The molecule has 4 N–H and O–H groups in total. The molecule has 0 atom stereocenters. The van der Waals surface area contributed by atoms with Gasteiger partial charge in [-0.2, -0.15) is 12.7 Å². The van der Waals surface area contributed by atoms with Crippen LogP contribution >= 0.6 is 0 Å². The van der Waals surface area contributed by atoms with Crippen LogP contribution in [0.25, 0.3) is 0 Å². The fourth-order valence-electron chi connectivity index (χ4n) is 0.501. The Labute approximate surface area is 71.0 Å². The summed E-state index contributed by atoms with van der Waals surface area (Å²) in [5.74, 6) is -0.170. The van der Waals surface area contributed by atoms with Crippen LogP contribution in [0.4, 0.5) is 0 Å². The SMILES string of the molecule is CNS(=O)(=O)N(C)CC(N)=NO. The van der Waals surface area contributed by atoms with Crippen molar-refractivity contribution >= 4 is 16.0 Å². The predicted octanol–water partition coefficient (Wildman–Crippen LogP) is -1.87. The zero-order chi connectivity index (χ0) is 9.78. The minimum atomic E-state index is -3.49. The highest BCUT2D eigenvalue weighted by Gasteiger charge is 2.15. The van der Waals surface area contributed by atoms with Gasteiger partial charge in [-0.25, -0.2) is 4.72 Å². The van der Waals surface area contributed by atoms with Gasteiger partial charge in [-0.3, -0.25) is 0 Å². The normalized spacial score (nSPS) is 13.8. The summed E-state index contributed by atoms with van der Waals surface area (Å²) in [6.07, 6.45) is 0. The van der Waals surface area contributed by atoms with Crippen LogP contribution in [-0.4, -0.2) is 44.4 Å². The second kappa shape index (κ2) is 4.24. The van der Waals surface area contributed by atoms with Gasteiger partial charge in [0.15, 0.2) is 5.84 Å². The van der Waals surface area contributed by atoms with Crippen molar-refractivity contribution in [3.63, 3.8) is 0 Å². The molecule has 0 aliphatic heterocycles. The molecule has 0 rings (SSSR count). The highest BCUT2D eigenvalue weighted by atomic mass is 32.2. The summed E-state index contributed by atoms with van der Waals surface area (Å²) >= 11 is 0. The van der Waals surface area contributed by atoms with Gasteiger partial charge in [-0.15, -0.1) is 0 Å². The Morgan fingerprint density at radius 2 is 2.25 bits per heavy atom. The van der Waals surface area contributed by atoms with Gasteiger partial charge in [0, 0.05) is 14.1 Å². The summed E-state index contributed by atoms with van der Waals surface area (Å²) in [4.78, 5) is 0. The summed E-state index contributed by atoms with van der Waals surface area (Å²) < 4.78 is 24.9. The van der Waals surface area contributed by atoms with Crippen molar-refractivity contribution in [2.45, 2.75) is 0 Å². The lowest BCUT2D eigenvalue weighted by Gasteiger charge is -2.14. The fraction of sp³-hybridized carbons (Fsp3) is 0.750. The van der Waals surface area contributed by atoms with E-state index in [0.717, 1.165) is 4.31 Å². The van der Waals surface area contributed by atoms with Crippen molar-refractivity contribution in [1.82, 2.24) is 9.03 Å². The van der Waals surface area contributed by atoms with E-state index >= 15 is 0 Å². The Morgan fingerprint density at radius 3 is 2.58 bits per heavy atom. The smallest absolute Gasteiger partial charge is 0.279 e. The minimum Gasteiger partial charge on any atom is -0.409 e. The molecule has 0 aliphatic rings. The number of amidine groups is 1. The molecule has 12 heavy (non-hydrogen) atoms. The van der Waals surface area contributed by atoms with E-state index in [1.807, 2.05) is 0 Å². The minimum absolute atomic E-state index is 0.153. The number of nitrogens with two attached hydrogens (primary N) is 1. The van der Waals surface area contributed by atoms with Gasteiger partial charge in [0.1, 0.15) is 0 Å². The van der Waals surface area contributed by atoms with E-state index < -0.39 is 10.2 Å². The molecule has 0 saturated carbocycles. The highest BCUT2D eigenvalue weighted by molar-refractivity contribution is 7.87. The van der Waals surface area contributed by atoms with Gasteiger partial charge >= 0.3 is 0 Å². The summed E-state index contributed by atoms with van der Waals surface area (Å²) in [7, 11) is -0.907. The highest BCUT2D eigenvalue weighted by Crippen LogP contribution is 1.90. The van der Waals surface area contributed by atoms with E-state index in [4.69, 9.17) is 10.9 Å². The third-order valence-corrected chi connectivity index (χ3v) is 2.65. The standard InChI is InChI=1S/C4H12N4O3S/c1-6-12(10,11)8(2)3-4(5)7-9/h6,9H,3H2,1-2H3,(H2,5,7). The lowest BCUT2D eigenvalue weighted by molar-refractivity contribution is 0.315. The average molecular weight is 196 g/mol. The van der Waals surface area contributed by atoms with Gasteiger partial charge in [0.2, 0.25) is 0 Å². The second-order valence-electron chi connectivity index (χ2n) is 2.06. The predicted molar refractivity (Wildman–Crippen MR) is 44.0 cm³/mol. The molecule has 0 aromatic heterocycles. The molecule has 8 heteroatoms. The first kappa shape index (κ1) is 11.1. The molecule has 0 heterocycles. The molecule has 0 aromatic carbocycles. The fourth-order valence-corrected chi connectivity index (χ4v) is 1.11. The summed E-state index contributed by atoms with van der Waals surface area (Å²) in [5, 5.41) is 10.8. The maximum atomic E-state index is 11.0. The van der Waals surface area contributed by atoms with Gasteiger partial charge < -0.3 is 10.9 Å². The molecule has 0 fully saturated rings. The van der Waals surface area contributed by atoms with E-state index in [-0.39, 0.29) is 12.4 Å². The van der Waals surface area contributed by atoms with E-state index in [9.17, 15) is 8.42 Å². The first-order chi connectivity index (χ1) is 5.44. The third-order valence-electron chi connectivity index (χ3n) is 1.18. The van der Waals surface area contributed by atoms with Crippen LogP contribution < -0.4 is 10.5 Å². The molecule has 72 valence electrons. The Hall–Kier alpha value is -0.860. The number of rotatable bonds is 4. The quantitative estimate of drug-likeness (QED) is 0.212. The van der Waals surface area contributed by atoms with Crippen LogP contribution in [-0.2, 0) is 10.2 Å². The molecular weight excluding hydrogens is 184 g/mol. The Balaban J connectivity index is 4.33. The van der Waals surface area contributed by atoms with E-state index in [1.54, 1.807) is 0 Å². The number of nitrogens with zero attached hydrogens (tertiary/aromatic N) is 2. The lowest BCUT2D eigenvalue weighted by atomic mass is 10.6. The maximum absolute atomic E-state index is 11.0. The van der Waals surface area contributed by atoms with Crippen LogP contribution in [0.1, 0.15) is 0 Å². The number of likely N-dealkylation sites (N-methyl/N-ethyl adjacent to an activating group) is 1. The largest absolute Gasteiger partial charge is 0.409 e. The van der Waals surface area contributed by atoms with Gasteiger partial charge in [0.05, 0.1) is 6.54 Å². The Bertz CT molecular complexity index is 259. The zero-order valence-electron chi connectivity index (χ0n) is 6.85. The van der Waals surface area contributed by atoms with Gasteiger partial charge in [-0.1, -0.05) is 5.16 Å². The van der Waals surface area contributed by atoms with E-state index in [0.29, 0.717) is 0 Å². The van der Waals surface area contributed by atoms with Crippen LogP contribution in [0.15, 0.2) is 5.16 Å². The van der Waals surface area contributed by atoms with Crippen molar-refractivity contribution < 1.29 is 13.6 Å². The molecule has 0 aromatic rings. The van der Waals surface area contributed by atoms with Gasteiger partial charge in [-0.05, 0) is 0 Å². The lowest BCUT2D eigenvalue weighted by Crippen LogP contribution is -2.41. The summed E-state index contributed by atoms with van der Waals surface area (Å²) in [5.41, 5.74) is 5.09. The maximum Gasteiger partial charge on any atom is 0.279 e. The Kier molecular flexibility index (Phi) is 3.93. The first-order valence-corrected chi connectivity index (χ1v) is 4.49. The van der Waals surface area contributed by atoms with Crippen molar-refractivity contribution in [2.75, 3.05) is 20.6 Å².